The summed E-state index contributed by atoms with van der Waals surface area (Å²) < 4.78 is 16.4. The van der Waals surface area contributed by atoms with E-state index in [0.717, 1.165) is 12.1 Å². The molecule has 0 aliphatic carbocycles. The Kier molecular flexibility index (Phi) is 7.54. The molecule has 2 nitrogen and oxygen atoms in total. The Bertz CT molecular complexity index is 183. The van der Waals surface area contributed by atoms with Crippen LogP contribution >= 0.6 is 0 Å². The predicted molar refractivity (Wildman–Crippen MR) is 53.4 cm³/mol. The molecule has 0 aromatic heterocycles. The number of ether oxygens (including phenoxy) is 1. The minimum absolute atomic E-state index is 0.348. The molecule has 0 saturated heterocycles. The summed E-state index contributed by atoms with van der Waals surface area (Å²) in [6, 6.07) is 0. The van der Waals surface area contributed by atoms with Crippen LogP contribution in [0.15, 0.2) is 23.3 Å². The molecule has 0 fully saturated rings. The topological polar surface area (TPSA) is 21.3 Å². The van der Waals surface area contributed by atoms with Gasteiger partial charge in [-0.2, -0.15) is 0 Å². The van der Waals surface area contributed by atoms with Crippen LogP contribution in [0.1, 0.15) is 13.8 Å². The largest absolute Gasteiger partial charge is 0.346 e. The number of alkyl halides is 1. The lowest BCUT2D eigenvalue weighted by atomic mass is 10.2. The molecule has 76 valence electrons. The average Bonchev–Trinajstić information content (AvgIpc) is 2.09. The predicted octanol–water partition coefficient (Wildman–Crippen LogP) is 2.04. The van der Waals surface area contributed by atoms with E-state index >= 15 is 0 Å². The molecular weight excluding hydrogens is 169 g/mol. The fourth-order valence-electron chi connectivity index (χ4n) is 0.839. The van der Waals surface area contributed by atoms with Crippen LogP contribution in [0.25, 0.3) is 0 Å². The molecule has 13 heavy (non-hydrogen) atoms. The maximum absolute atomic E-state index is 11.7. The molecule has 3 heteroatoms. The van der Waals surface area contributed by atoms with E-state index in [9.17, 15) is 4.39 Å². The molecule has 0 spiro atoms. The fraction of sp³-hybridized carbons (Fsp3) is 0.600. The molecule has 0 aromatic carbocycles. The second kappa shape index (κ2) is 7.95. The monoisotopic (exact) mass is 187 g/mol. The highest BCUT2D eigenvalue weighted by Gasteiger charge is 1.94. The van der Waals surface area contributed by atoms with Crippen molar-refractivity contribution >= 4 is 0 Å². The molecule has 0 heterocycles. The van der Waals surface area contributed by atoms with Crippen molar-refractivity contribution in [3.63, 3.8) is 0 Å². The molecule has 0 aliphatic heterocycles. The summed E-state index contributed by atoms with van der Waals surface area (Å²) in [5.41, 5.74) is 2.26. The van der Waals surface area contributed by atoms with Gasteiger partial charge in [0.2, 0.25) is 0 Å². The number of likely N-dealkylation sites (N-methyl/N-ethyl adjacent to an activating group) is 1. The molecule has 0 bridgehead atoms. The molecule has 0 unspecified atom stereocenters. The summed E-state index contributed by atoms with van der Waals surface area (Å²) >= 11 is 0. The quantitative estimate of drug-likeness (QED) is 0.642. The van der Waals surface area contributed by atoms with Gasteiger partial charge in [-0.3, -0.25) is 0 Å². The Hall–Kier alpha value is -0.670. The first-order valence-corrected chi connectivity index (χ1v) is 4.32. The summed E-state index contributed by atoms with van der Waals surface area (Å²) in [7, 11) is 1.85. The number of halogens is 1. The van der Waals surface area contributed by atoms with E-state index in [0.29, 0.717) is 6.61 Å². The summed E-state index contributed by atoms with van der Waals surface area (Å²) in [4.78, 5) is 0. The van der Waals surface area contributed by atoms with Crippen molar-refractivity contribution in [2.75, 3.05) is 27.1 Å². The zero-order valence-corrected chi connectivity index (χ0v) is 8.56. The highest BCUT2D eigenvalue weighted by atomic mass is 19.1. The Morgan fingerprint density at radius 2 is 2.08 bits per heavy atom. The fourth-order valence-corrected chi connectivity index (χ4v) is 0.839. The van der Waals surface area contributed by atoms with E-state index in [1.807, 2.05) is 33.0 Å². The SMILES string of the molecule is CNC/C(=C/C=C(C)C)COCF. The van der Waals surface area contributed by atoms with E-state index in [-0.39, 0.29) is 0 Å². The van der Waals surface area contributed by atoms with Crippen LogP contribution in [0.3, 0.4) is 0 Å². The maximum atomic E-state index is 11.7. The van der Waals surface area contributed by atoms with Gasteiger partial charge in [0.1, 0.15) is 0 Å². The molecular formula is C10H18FNO. The lowest BCUT2D eigenvalue weighted by Gasteiger charge is -2.04. The third kappa shape index (κ3) is 7.68. The third-order valence-electron chi connectivity index (χ3n) is 1.42. The first-order chi connectivity index (χ1) is 6.20. The molecule has 0 atom stereocenters. The van der Waals surface area contributed by atoms with Crippen LogP contribution in [-0.4, -0.2) is 27.1 Å². The van der Waals surface area contributed by atoms with E-state index in [1.165, 1.54) is 5.57 Å². The molecule has 0 saturated carbocycles. The van der Waals surface area contributed by atoms with Gasteiger partial charge in [0.05, 0.1) is 6.61 Å². The van der Waals surface area contributed by atoms with Crippen LogP contribution in [0, 0.1) is 0 Å². The molecule has 0 aromatic rings. The number of nitrogens with one attached hydrogen (secondary N) is 1. The van der Waals surface area contributed by atoms with Gasteiger partial charge < -0.3 is 10.1 Å². The smallest absolute Gasteiger partial charge is 0.188 e. The van der Waals surface area contributed by atoms with Crippen molar-refractivity contribution in [2.45, 2.75) is 13.8 Å². The molecule has 0 aliphatic rings. The van der Waals surface area contributed by atoms with Crippen molar-refractivity contribution in [3.05, 3.63) is 23.3 Å². The number of hydrogen-bond donors (Lipinski definition) is 1. The normalized spacial score (nSPS) is 11.5. The Balaban J connectivity index is 4.06. The molecule has 0 radical (unpaired) electrons. The van der Waals surface area contributed by atoms with Crippen molar-refractivity contribution in [1.29, 1.82) is 0 Å². The Morgan fingerprint density at radius 1 is 1.38 bits per heavy atom. The second-order valence-electron chi connectivity index (χ2n) is 3.06. The van der Waals surface area contributed by atoms with Gasteiger partial charge in [0, 0.05) is 6.54 Å². The van der Waals surface area contributed by atoms with Gasteiger partial charge in [-0.1, -0.05) is 17.7 Å². The summed E-state index contributed by atoms with van der Waals surface area (Å²) in [5.74, 6) is 0. The van der Waals surface area contributed by atoms with Crippen molar-refractivity contribution in [1.82, 2.24) is 5.32 Å². The highest BCUT2D eigenvalue weighted by molar-refractivity contribution is 5.17. The van der Waals surface area contributed by atoms with Crippen molar-refractivity contribution in [2.24, 2.45) is 0 Å². The Labute approximate surface area is 79.5 Å². The van der Waals surface area contributed by atoms with Crippen molar-refractivity contribution < 1.29 is 9.13 Å². The van der Waals surface area contributed by atoms with Gasteiger partial charge in [-0.05, 0) is 26.5 Å². The second-order valence-corrected chi connectivity index (χ2v) is 3.06. The van der Waals surface area contributed by atoms with Gasteiger partial charge in [-0.25, -0.2) is 4.39 Å². The minimum Gasteiger partial charge on any atom is -0.346 e. The van der Waals surface area contributed by atoms with E-state index in [4.69, 9.17) is 0 Å². The van der Waals surface area contributed by atoms with Crippen LogP contribution < -0.4 is 5.32 Å². The van der Waals surface area contributed by atoms with Crippen molar-refractivity contribution in [3.8, 4) is 0 Å². The molecule has 0 rings (SSSR count). The zero-order chi connectivity index (χ0) is 10.1. The summed E-state index contributed by atoms with van der Waals surface area (Å²) in [6.07, 6.45) is 3.95. The number of rotatable bonds is 6. The maximum Gasteiger partial charge on any atom is 0.188 e. The minimum atomic E-state index is -0.726. The molecule has 0 amide bonds. The van der Waals surface area contributed by atoms with E-state index in [2.05, 4.69) is 10.1 Å². The zero-order valence-electron chi connectivity index (χ0n) is 8.56. The first kappa shape index (κ1) is 12.3. The standard InChI is InChI=1S/C10H18FNO/c1-9(2)4-5-10(6-12-3)7-13-8-11/h4-5,12H,6-8H2,1-3H3/b10-5-. The summed E-state index contributed by atoms with van der Waals surface area (Å²) in [5, 5.41) is 3.00. The average molecular weight is 187 g/mol. The van der Waals surface area contributed by atoms with Crippen LogP contribution in [0.2, 0.25) is 0 Å². The Morgan fingerprint density at radius 3 is 2.54 bits per heavy atom. The highest BCUT2D eigenvalue weighted by Crippen LogP contribution is 1.98. The summed E-state index contributed by atoms with van der Waals surface area (Å²) in [6.45, 7) is 4.38. The van der Waals surface area contributed by atoms with Gasteiger partial charge in [0.25, 0.3) is 0 Å². The van der Waals surface area contributed by atoms with Crippen LogP contribution in [-0.2, 0) is 4.74 Å². The number of allylic oxidation sites excluding steroid dienone is 3. The number of hydrogen-bond acceptors (Lipinski definition) is 2. The molecule has 1 N–H and O–H groups in total. The van der Waals surface area contributed by atoms with Gasteiger partial charge in [-0.15, -0.1) is 0 Å². The van der Waals surface area contributed by atoms with E-state index in [1.54, 1.807) is 0 Å². The van der Waals surface area contributed by atoms with E-state index < -0.39 is 6.86 Å². The van der Waals surface area contributed by atoms with Gasteiger partial charge in [0.15, 0.2) is 6.86 Å². The first-order valence-electron chi connectivity index (χ1n) is 4.32. The van der Waals surface area contributed by atoms with Gasteiger partial charge >= 0.3 is 0 Å². The van der Waals surface area contributed by atoms with Crippen LogP contribution in [0.4, 0.5) is 4.39 Å². The lowest BCUT2D eigenvalue weighted by molar-refractivity contribution is 0.0727. The third-order valence-corrected chi connectivity index (χ3v) is 1.42. The lowest BCUT2D eigenvalue weighted by Crippen LogP contribution is -2.14. The van der Waals surface area contributed by atoms with Crippen LogP contribution in [0.5, 0.6) is 0 Å².